The first-order chi connectivity index (χ1) is 9.72. The molecule has 1 saturated carbocycles. The smallest absolute Gasteiger partial charge is 0.141 e. The fourth-order valence-corrected chi connectivity index (χ4v) is 5.79. The maximum Gasteiger partial charge on any atom is 0.141 e. The summed E-state index contributed by atoms with van der Waals surface area (Å²) in [6.45, 7) is 13.3. The van der Waals surface area contributed by atoms with Gasteiger partial charge in [0.2, 0.25) is 0 Å². The van der Waals surface area contributed by atoms with Crippen LogP contribution in [0.5, 0.6) is 0 Å². The van der Waals surface area contributed by atoms with Gasteiger partial charge in [0.25, 0.3) is 0 Å². The molecule has 3 rings (SSSR count). The van der Waals surface area contributed by atoms with Gasteiger partial charge in [-0.15, -0.1) is 6.58 Å². The molecule has 0 spiro atoms. The molecule has 0 saturated heterocycles. The highest BCUT2D eigenvalue weighted by atomic mass is 16.1. The zero-order chi connectivity index (χ0) is 15.5. The quantitative estimate of drug-likeness (QED) is 0.585. The maximum atomic E-state index is 12.9. The number of allylic oxidation sites excluding steroid dienone is 3. The second-order valence-corrected chi connectivity index (χ2v) is 8.95. The third kappa shape index (κ3) is 2.15. The predicted octanol–water partition coefficient (Wildman–Crippen LogP) is 5.46. The number of rotatable bonds is 1. The number of carbonyl (C=O) groups is 1. The summed E-state index contributed by atoms with van der Waals surface area (Å²) in [7, 11) is 0. The van der Waals surface area contributed by atoms with E-state index in [2.05, 4.69) is 40.3 Å². The zero-order valence-corrected chi connectivity index (χ0v) is 14.2. The molecule has 0 aromatic heterocycles. The highest BCUT2D eigenvalue weighted by molar-refractivity contribution is 5.87. The molecule has 3 aliphatic carbocycles. The van der Waals surface area contributed by atoms with Crippen LogP contribution in [0.2, 0.25) is 0 Å². The molecule has 0 unspecified atom stereocenters. The summed E-state index contributed by atoms with van der Waals surface area (Å²) in [6, 6.07) is 0. The van der Waals surface area contributed by atoms with Crippen LogP contribution in [0.25, 0.3) is 0 Å². The van der Waals surface area contributed by atoms with Crippen LogP contribution in [0.3, 0.4) is 0 Å². The van der Waals surface area contributed by atoms with E-state index in [4.69, 9.17) is 0 Å². The predicted molar refractivity (Wildman–Crippen MR) is 88.0 cm³/mol. The molecule has 116 valence electrons. The number of ketones is 1. The summed E-state index contributed by atoms with van der Waals surface area (Å²) in [5.74, 6) is 0.750. The summed E-state index contributed by atoms with van der Waals surface area (Å²) in [5, 5.41) is 0. The summed E-state index contributed by atoms with van der Waals surface area (Å²) in [4.78, 5) is 12.9. The van der Waals surface area contributed by atoms with E-state index < -0.39 is 0 Å². The van der Waals surface area contributed by atoms with E-state index in [1.165, 1.54) is 37.7 Å². The van der Waals surface area contributed by atoms with Crippen molar-refractivity contribution in [2.45, 2.75) is 72.6 Å². The van der Waals surface area contributed by atoms with Crippen molar-refractivity contribution in [3.8, 4) is 0 Å². The number of carbonyl (C=O) groups excluding carboxylic acids is 1. The molecule has 0 bridgehead atoms. The normalized spacial score (nSPS) is 42.3. The zero-order valence-electron chi connectivity index (χ0n) is 14.2. The van der Waals surface area contributed by atoms with Crippen molar-refractivity contribution in [1.29, 1.82) is 0 Å². The number of Topliss-reactive ketones (excluding diaryl/α,β-unsaturated/α-hetero) is 1. The first kappa shape index (κ1) is 15.1. The van der Waals surface area contributed by atoms with E-state index in [0.717, 1.165) is 6.42 Å². The van der Waals surface area contributed by atoms with Gasteiger partial charge in [0.15, 0.2) is 0 Å². The largest absolute Gasteiger partial charge is 0.299 e. The van der Waals surface area contributed by atoms with E-state index in [9.17, 15) is 4.79 Å². The number of hydrogen-bond acceptors (Lipinski definition) is 1. The minimum atomic E-state index is 0.134. The van der Waals surface area contributed by atoms with E-state index in [1.807, 2.05) is 0 Å². The minimum absolute atomic E-state index is 0.134. The van der Waals surface area contributed by atoms with Crippen molar-refractivity contribution in [1.82, 2.24) is 0 Å². The van der Waals surface area contributed by atoms with Gasteiger partial charge in [-0.1, -0.05) is 51.3 Å². The lowest BCUT2D eigenvalue weighted by atomic mass is 9.47. The van der Waals surface area contributed by atoms with Crippen molar-refractivity contribution in [2.24, 2.45) is 22.2 Å². The second-order valence-electron chi connectivity index (χ2n) is 8.95. The molecule has 21 heavy (non-hydrogen) atoms. The molecule has 0 amide bonds. The highest BCUT2D eigenvalue weighted by Gasteiger charge is 2.55. The Bertz CT molecular complexity index is 524. The second kappa shape index (κ2) is 4.57. The molecular formula is C20H30O. The van der Waals surface area contributed by atoms with Gasteiger partial charge in [0, 0.05) is 12.3 Å². The fraction of sp³-hybridized carbons (Fsp3) is 0.750. The third-order valence-electron chi connectivity index (χ3n) is 6.82. The van der Waals surface area contributed by atoms with Crippen LogP contribution < -0.4 is 0 Å². The molecule has 0 N–H and O–H groups in total. The van der Waals surface area contributed by atoms with Crippen molar-refractivity contribution in [3.63, 3.8) is 0 Å². The Kier molecular flexibility index (Phi) is 3.28. The van der Waals surface area contributed by atoms with Gasteiger partial charge in [-0.2, -0.15) is 0 Å². The van der Waals surface area contributed by atoms with Crippen molar-refractivity contribution in [3.05, 3.63) is 23.8 Å². The Labute approximate surface area is 129 Å². The average molecular weight is 286 g/mol. The standard InChI is InChI=1S/C20H30O/c1-6-19(4)11-8-15-14(13-19)12-16(21)17-18(2,3)9-7-10-20(15,17)5/h6,17H,1,7-13H2,2-5H3/t17-,19+,20+/m0/s1. The monoisotopic (exact) mass is 286 g/mol. The molecule has 1 fully saturated rings. The SMILES string of the molecule is C=C[C@]1(C)CCC2=C(CC(=O)[C@H]3C(C)(C)CCC[C@]23C)C1. The summed E-state index contributed by atoms with van der Waals surface area (Å²) in [5.41, 5.74) is 3.62. The van der Waals surface area contributed by atoms with Gasteiger partial charge in [-0.25, -0.2) is 0 Å². The average Bonchev–Trinajstić information content (AvgIpc) is 2.36. The van der Waals surface area contributed by atoms with E-state index >= 15 is 0 Å². The Morgan fingerprint density at radius 3 is 2.52 bits per heavy atom. The van der Waals surface area contributed by atoms with Crippen molar-refractivity contribution in [2.75, 3.05) is 0 Å². The molecular weight excluding hydrogens is 256 g/mol. The summed E-state index contributed by atoms with van der Waals surface area (Å²) in [6.07, 6.45) is 9.93. The molecule has 1 heteroatoms. The third-order valence-corrected chi connectivity index (χ3v) is 6.82. The maximum absolute atomic E-state index is 12.9. The van der Waals surface area contributed by atoms with Crippen LogP contribution in [-0.4, -0.2) is 5.78 Å². The first-order valence-electron chi connectivity index (χ1n) is 8.60. The summed E-state index contributed by atoms with van der Waals surface area (Å²) < 4.78 is 0. The van der Waals surface area contributed by atoms with Crippen LogP contribution in [0.15, 0.2) is 23.8 Å². The van der Waals surface area contributed by atoms with Gasteiger partial charge >= 0.3 is 0 Å². The molecule has 3 atom stereocenters. The molecule has 0 aromatic carbocycles. The molecule has 0 radical (unpaired) electrons. The Morgan fingerprint density at radius 1 is 1.14 bits per heavy atom. The Balaban J connectivity index is 2.06. The van der Waals surface area contributed by atoms with Gasteiger partial charge in [-0.3, -0.25) is 4.79 Å². The molecule has 0 aliphatic heterocycles. The Morgan fingerprint density at radius 2 is 1.86 bits per heavy atom. The fourth-order valence-electron chi connectivity index (χ4n) is 5.79. The van der Waals surface area contributed by atoms with E-state index in [-0.39, 0.29) is 22.2 Å². The van der Waals surface area contributed by atoms with Crippen LogP contribution in [0, 0.1) is 22.2 Å². The molecule has 0 aromatic rings. The highest BCUT2D eigenvalue weighted by Crippen LogP contribution is 2.61. The van der Waals surface area contributed by atoms with Gasteiger partial charge in [0.1, 0.15) is 5.78 Å². The lowest BCUT2D eigenvalue weighted by Crippen LogP contribution is -2.51. The number of fused-ring (bicyclic) bond motifs is 2. The first-order valence-corrected chi connectivity index (χ1v) is 8.60. The number of hydrogen-bond donors (Lipinski definition) is 0. The lowest BCUT2D eigenvalue weighted by Gasteiger charge is -2.56. The van der Waals surface area contributed by atoms with Crippen LogP contribution in [0.4, 0.5) is 0 Å². The van der Waals surface area contributed by atoms with Gasteiger partial charge in [0.05, 0.1) is 0 Å². The van der Waals surface area contributed by atoms with Crippen LogP contribution in [-0.2, 0) is 4.79 Å². The van der Waals surface area contributed by atoms with E-state index in [0.29, 0.717) is 12.2 Å². The molecule has 1 nitrogen and oxygen atoms in total. The molecule has 0 heterocycles. The van der Waals surface area contributed by atoms with E-state index in [1.54, 1.807) is 5.57 Å². The Hall–Kier alpha value is -0.850. The van der Waals surface area contributed by atoms with Crippen LogP contribution in [0.1, 0.15) is 72.6 Å². The lowest BCUT2D eigenvalue weighted by molar-refractivity contribution is -0.135. The van der Waals surface area contributed by atoms with Crippen molar-refractivity contribution >= 4 is 5.78 Å². The van der Waals surface area contributed by atoms with Gasteiger partial charge < -0.3 is 0 Å². The van der Waals surface area contributed by atoms with Gasteiger partial charge in [-0.05, 0) is 48.3 Å². The minimum Gasteiger partial charge on any atom is -0.299 e. The topological polar surface area (TPSA) is 17.1 Å². The summed E-state index contributed by atoms with van der Waals surface area (Å²) >= 11 is 0. The van der Waals surface area contributed by atoms with Crippen molar-refractivity contribution < 1.29 is 4.79 Å². The molecule has 3 aliphatic rings. The van der Waals surface area contributed by atoms with Crippen LogP contribution >= 0.6 is 0 Å².